The summed E-state index contributed by atoms with van der Waals surface area (Å²) in [6.07, 6.45) is 3.14. The van der Waals surface area contributed by atoms with E-state index in [4.69, 9.17) is 9.47 Å². The number of nitrogens with zero attached hydrogens (tertiary/aromatic N) is 3. The van der Waals surface area contributed by atoms with E-state index in [1.54, 1.807) is 31.6 Å². The minimum Gasteiger partial charge on any atom is -0.493 e. The zero-order chi connectivity index (χ0) is 22.5. The molecular formula is C25H24N4O3. The molecule has 2 aromatic carbocycles. The number of pyridine rings is 1. The molecule has 0 aliphatic rings. The average molecular weight is 428 g/mol. The highest BCUT2D eigenvalue weighted by molar-refractivity contribution is 6.04. The number of aromatic nitrogens is 3. The number of aryl methyl sites for hydroxylation is 1. The van der Waals surface area contributed by atoms with Crippen LogP contribution >= 0.6 is 0 Å². The molecule has 0 fully saturated rings. The summed E-state index contributed by atoms with van der Waals surface area (Å²) in [6.45, 7) is 4.47. The molecule has 1 N–H and O–H groups in total. The third kappa shape index (κ3) is 4.78. The fourth-order valence-electron chi connectivity index (χ4n) is 3.27. The Morgan fingerprint density at radius 1 is 1.00 bits per heavy atom. The second-order valence-corrected chi connectivity index (χ2v) is 7.38. The van der Waals surface area contributed by atoms with Crippen LogP contribution in [0.15, 0.2) is 73.1 Å². The predicted molar refractivity (Wildman–Crippen MR) is 123 cm³/mol. The van der Waals surface area contributed by atoms with Crippen LogP contribution in [0.4, 0.5) is 5.69 Å². The maximum atomic E-state index is 12.8. The van der Waals surface area contributed by atoms with E-state index in [1.807, 2.05) is 67.1 Å². The molecule has 0 saturated heterocycles. The van der Waals surface area contributed by atoms with Crippen LogP contribution in [0.2, 0.25) is 0 Å². The molecule has 0 unspecified atom stereocenters. The van der Waals surface area contributed by atoms with Crippen molar-refractivity contribution in [3.63, 3.8) is 0 Å². The minimum atomic E-state index is -0.238. The van der Waals surface area contributed by atoms with Crippen LogP contribution in [0, 0.1) is 13.8 Å². The Kier molecular flexibility index (Phi) is 6.17. The van der Waals surface area contributed by atoms with Crippen molar-refractivity contribution in [2.75, 3.05) is 12.4 Å². The van der Waals surface area contributed by atoms with Gasteiger partial charge in [-0.15, -0.1) is 0 Å². The smallest absolute Gasteiger partial charge is 0.259 e. The molecule has 162 valence electrons. The van der Waals surface area contributed by atoms with Crippen LogP contribution in [0.1, 0.15) is 27.2 Å². The second-order valence-electron chi connectivity index (χ2n) is 7.38. The molecule has 0 aliphatic heterocycles. The first-order chi connectivity index (χ1) is 15.5. The van der Waals surface area contributed by atoms with Crippen molar-refractivity contribution in [3.8, 4) is 17.4 Å². The lowest BCUT2D eigenvalue weighted by molar-refractivity contribution is 0.102. The van der Waals surface area contributed by atoms with Gasteiger partial charge >= 0.3 is 0 Å². The Morgan fingerprint density at radius 3 is 2.53 bits per heavy atom. The van der Waals surface area contributed by atoms with Crippen LogP contribution < -0.4 is 14.8 Å². The van der Waals surface area contributed by atoms with Gasteiger partial charge in [0.2, 0.25) is 5.88 Å². The van der Waals surface area contributed by atoms with Gasteiger partial charge in [-0.2, -0.15) is 5.10 Å². The van der Waals surface area contributed by atoms with E-state index < -0.39 is 0 Å². The molecule has 1 amide bonds. The fourth-order valence-corrected chi connectivity index (χ4v) is 3.27. The van der Waals surface area contributed by atoms with Gasteiger partial charge in [0.25, 0.3) is 5.91 Å². The number of methoxy groups -OCH3 is 1. The number of hydrogen-bond donors (Lipinski definition) is 1. The Bertz CT molecular complexity index is 1220. The highest BCUT2D eigenvalue weighted by Gasteiger charge is 2.15. The summed E-state index contributed by atoms with van der Waals surface area (Å²) in [5.74, 6) is 1.37. The summed E-state index contributed by atoms with van der Waals surface area (Å²) >= 11 is 0. The molecule has 4 rings (SSSR count). The first-order valence-corrected chi connectivity index (χ1v) is 10.2. The number of amides is 1. The van der Waals surface area contributed by atoms with Gasteiger partial charge in [0.05, 0.1) is 37.3 Å². The van der Waals surface area contributed by atoms with Crippen molar-refractivity contribution in [1.82, 2.24) is 14.8 Å². The summed E-state index contributed by atoms with van der Waals surface area (Å²) in [7, 11) is 1.59. The van der Waals surface area contributed by atoms with Crippen LogP contribution in [-0.2, 0) is 6.54 Å². The number of rotatable bonds is 7. The standard InChI is InChI=1S/C25H24N4O3/c1-17-9-11-22(23(13-17)31-3)32-24-12-10-20(14-26-24)28-25(30)21-15-27-29(18(21)2)16-19-7-5-4-6-8-19/h4-15H,16H2,1-3H3,(H,28,30). The van der Waals surface area contributed by atoms with Gasteiger partial charge in [-0.3, -0.25) is 9.48 Å². The molecule has 7 nitrogen and oxygen atoms in total. The predicted octanol–water partition coefficient (Wildman–Crippen LogP) is 5.00. The Labute approximate surface area is 186 Å². The van der Waals surface area contributed by atoms with E-state index in [1.165, 1.54) is 0 Å². The molecule has 2 heterocycles. The lowest BCUT2D eigenvalue weighted by atomic mass is 10.2. The van der Waals surface area contributed by atoms with Gasteiger partial charge in [0, 0.05) is 11.8 Å². The monoisotopic (exact) mass is 428 g/mol. The van der Waals surface area contributed by atoms with Gasteiger partial charge in [0.15, 0.2) is 11.5 Å². The topological polar surface area (TPSA) is 78.3 Å². The molecule has 0 aliphatic carbocycles. The van der Waals surface area contributed by atoms with E-state index in [0.29, 0.717) is 35.2 Å². The van der Waals surface area contributed by atoms with Crippen molar-refractivity contribution in [2.45, 2.75) is 20.4 Å². The van der Waals surface area contributed by atoms with Gasteiger partial charge in [-0.1, -0.05) is 36.4 Å². The van der Waals surface area contributed by atoms with Crippen LogP contribution in [0.25, 0.3) is 0 Å². The van der Waals surface area contributed by atoms with E-state index in [2.05, 4.69) is 15.4 Å². The zero-order valence-electron chi connectivity index (χ0n) is 18.2. The van der Waals surface area contributed by atoms with E-state index >= 15 is 0 Å². The zero-order valence-corrected chi connectivity index (χ0v) is 18.2. The first-order valence-electron chi connectivity index (χ1n) is 10.2. The molecule has 2 aromatic heterocycles. The third-order valence-corrected chi connectivity index (χ3v) is 5.05. The largest absolute Gasteiger partial charge is 0.493 e. The summed E-state index contributed by atoms with van der Waals surface area (Å²) < 4.78 is 13.0. The quantitative estimate of drug-likeness (QED) is 0.448. The van der Waals surface area contributed by atoms with Crippen LogP contribution in [-0.4, -0.2) is 27.8 Å². The van der Waals surface area contributed by atoms with Gasteiger partial charge < -0.3 is 14.8 Å². The number of ether oxygens (including phenoxy) is 2. The highest BCUT2D eigenvalue weighted by atomic mass is 16.5. The van der Waals surface area contributed by atoms with Gasteiger partial charge in [-0.05, 0) is 43.2 Å². The number of carbonyl (C=O) groups excluding carboxylic acids is 1. The van der Waals surface area contributed by atoms with Gasteiger partial charge in [-0.25, -0.2) is 4.98 Å². The lowest BCUT2D eigenvalue weighted by Crippen LogP contribution is -2.13. The van der Waals surface area contributed by atoms with Crippen molar-refractivity contribution >= 4 is 11.6 Å². The van der Waals surface area contributed by atoms with Crippen molar-refractivity contribution < 1.29 is 14.3 Å². The number of hydrogen-bond acceptors (Lipinski definition) is 5. The molecule has 7 heteroatoms. The highest BCUT2D eigenvalue weighted by Crippen LogP contribution is 2.31. The summed E-state index contributed by atoms with van der Waals surface area (Å²) in [4.78, 5) is 17.0. The van der Waals surface area contributed by atoms with Crippen molar-refractivity contribution in [2.24, 2.45) is 0 Å². The normalized spacial score (nSPS) is 10.6. The molecular weight excluding hydrogens is 404 g/mol. The number of benzene rings is 2. The van der Waals surface area contributed by atoms with Gasteiger partial charge in [0.1, 0.15) is 0 Å². The molecule has 0 radical (unpaired) electrons. The lowest BCUT2D eigenvalue weighted by Gasteiger charge is -2.11. The molecule has 0 saturated carbocycles. The van der Waals surface area contributed by atoms with E-state index in [-0.39, 0.29) is 5.91 Å². The summed E-state index contributed by atoms with van der Waals surface area (Å²) in [5, 5.41) is 7.23. The molecule has 32 heavy (non-hydrogen) atoms. The average Bonchev–Trinajstić information content (AvgIpc) is 3.17. The SMILES string of the molecule is COc1cc(C)ccc1Oc1ccc(NC(=O)c2cnn(Cc3ccccc3)c2C)cn1. The molecule has 0 spiro atoms. The Hall–Kier alpha value is -4.13. The van der Waals surface area contributed by atoms with Crippen LogP contribution in [0.3, 0.4) is 0 Å². The summed E-state index contributed by atoms with van der Waals surface area (Å²) in [6, 6.07) is 19.1. The molecule has 0 bridgehead atoms. The Balaban J connectivity index is 1.42. The summed E-state index contributed by atoms with van der Waals surface area (Å²) in [5.41, 5.74) is 4.07. The Morgan fingerprint density at radius 2 is 1.81 bits per heavy atom. The van der Waals surface area contributed by atoms with E-state index in [9.17, 15) is 4.79 Å². The van der Waals surface area contributed by atoms with Crippen molar-refractivity contribution in [3.05, 3.63) is 95.4 Å². The molecule has 4 aromatic rings. The van der Waals surface area contributed by atoms with Crippen LogP contribution in [0.5, 0.6) is 17.4 Å². The third-order valence-electron chi connectivity index (χ3n) is 5.05. The maximum absolute atomic E-state index is 12.8. The van der Waals surface area contributed by atoms with E-state index in [0.717, 1.165) is 16.8 Å². The molecule has 0 atom stereocenters. The first kappa shape index (κ1) is 21.1. The minimum absolute atomic E-state index is 0.238. The maximum Gasteiger partial charge on any atom is 0.259 e. The second kappa shape index (κ2) is 9.34. The number of nitrogens with one attached hydrogen (secondary N) is 1. The van der Waals surface area contributed by atoms with Crippen molar-refractivity contribution in [1.29, 1.82) is 0 Å². The fraction of sp³-hybridized carbons (Fsp3) is 0.160. The number of carbonyl (C=O) groups is 1. The number of anilines is 1.